The minimum Gasteiger partial charge on any atom is -0.497 e. The van der Waals surface area contributed by atoms with Crippen molar-refractivity contribution in [2.45, 2.75) is 37.8 Å². The largest absolute Gasteiger partial charge is 0.497 e. The van der Waals surface area contributed by atoms with Crippen LogP contribution in [0.1, 0.15) is 25.7 Å². The molecule has 0 amide bonds. The number of nitro groups is 3. The van der Waals surface area contributed by atoms with Gasteiger partial charge in [-0.1, -0.05) is 0 Å². The highest BCUT2D eigenvalue weighted by molar-refractivity contribution is 5.80. The number of non-ortho nitro benzene ring substituents is 1. The third-order valence-electron chi connectivity index (χ3n) is 4.57. The minimum atomic E-state index is -1.21. The lowest BCUT2D eigenvalue weighted by molar-refractivity contribution is -0.404. The molecule has 2 bridgehead atoms. The van der Waals surface area contributed by atoms with Crippen LogP contribution in [0.2, 0.25) is 0 Å². The van der Waals surface area contributed by atoms with Gasteiger partial charge in [-0.25, -0.2) is 0 Å². The highest BCUT2D eigenvalue weighted by Crippen LogP contribution is 2.39. The molecule has 3 rings (SSSR count). The predicted octanol–water partition coefficient (Wildman–Crippen LogP) is 1.93. The fourth-order valence-electron chi connectivity index (χ4n) is 3.16. The van der Waals surface area contributed by atoms with Crippen LogP contribution in [0.4, 0.5) is 17.1 Å². The van der Waals surface area contributed by atoms with Crippen LogP contribution in [0.15, 0.2) is 12.1 Å². The van der Waals surface area contributed by atoms with E-state index in [2.05, 4.69) is 11.9 Å². The summed E-state index contributed by atoms with van der Waals surface area (Å²) in [6.07, 6.45) is 4.11. The van der Waals surface area contributed by atoms with Gasteiger partial charge in [0, 0.05) is 24.9 Å². The fourth-order valence-corrected chi connectivity index (χ4v) is 3.16. The van der Waals surface area contributed by atoms with Crippen molar-refractivity contribution in [2.75, 3.05) is 7.05 Å². The molecule has 2 unspecified atom stereocenters. The van der Waals surface area contributed by atoms with Crippen LogP contribution >= 0.6 is 0 Å². The van der Waals surface area contributed by atoms with Gasteiger partial charge in [0.15, 0.2) is 0 Å². The number of carbonyl (C=O) groups is 1. The molecule has 2 aliphatic heterocycles. The van der Waals surface area contributed by atoms with Crippen molar-refractivity contribution in [1.82, 2.24) is 4.90 Å². The lowest BCUT2D eigenvalue weighted by Gasteiger charge is -2.29. The van der Waals surface area contributed by atoms with Crippen LogP contribution in [0.25, 0.3) is 0 Å². The number of Topliss-reactive ketones (excluding diaryl/α,β-unsaturated/α-hetero) is 1. The number of ketones is 1. The number of nitrogens with zero attached hydrogens (tertiary/aromatic N) is 4. The summed E-state index contributed by atoms with van der Waals surface area (Å²) < 4.78 is 0. The number of benzene rings is 1. The van der Waals surface area contributed by atoms with Gasteiger partial charge in [0.1, 0.15) is 5.78 Å². The first-order valence-corrected chi connectivity index (χ1v) is 7.65. The molecule has 140 valence electrons. The van der Waals surface area contributed by atoms with E-state index in [1.165, 1.54) is 12.8 Å². The molecule has 1 N–H and O–H groups in total. The Labute approximate surface area is 146 Å². The van der Waals surface area contributed by atoms with E-state index in [-0.39, 0.29) is 0 Å². The third-order valence-corrected chi connectivity index (χ3v) is 4.57. The number of piperidine rings is 1. The molecule has 2 aliphatic rings. The van der Waals surface area contributed by atoms with Gasteiger partial charge in [-0.15, -0.1) is 0 Å². The van der Waals surface area contributed by atoms with Crippen molar-refractivity contribution in [3.8, 4) is 5.75 Å². The standard InChI is InChI=1S/C8H13NO.C6H3N3O7/c1-9-6-2-3-7(9)5-8(10)4-6;10-6-4(8(13)14)1-3(7(11)12)2-5(6)9(15)16/h6-7H,2-5H2,1H3;1-2,10H. The Morgan fingerprint density at radius 2 is 1.38 bits per heavy atom. The summed E-state index contributed by atoms with van der Waals surface area (Å²) in [6.45, 7) is 0. The number of phenols is 1. The summed E-state index contributed by atoms with van der Waals surface area (Å²) in [4.78, 5) is 41.2. The Bertz CT molecular complexity index is 729. The van der Waals surface area contributed by atoms with E-state index in [1.54, 1.807) is 0 Å². The monoisotopic (exact) mass is 368 g/mol. The van der Waals surface area contributed by atoms with Crippen LogP contribution in [-0.2, 0) is 4.79 Å². The number of fused-ring (bicyclic) bond motifs is 2. The average Bonchev–Trinajstić information content (AvgIpc) is 2.77. The highest BCUT2D eigenvalue weighted by atomic mass is 16.6. The van der Waals surface area contributed by atoms with Crippen molar-refractivity contribution < 1.29 is 24.7 Å². The molecule has 2 fully saturated rings. The quantitative estimate of drug-likeness (QED) is 0.618. The van der Waals surface area contributed by atoms with Gasteiger partial charge in [0.05, 0.1) is 26.9 Å². The van der Waals surface area contributed by atoms with Crippen molar-refractivity contribution >= 4 is 22.8 Å². The maximum Gasteiger partial charge on any atom is 0.324 e. The van der Waals surface area contributed by atoms with Crippen LogP contribution in [0, 0.1) is 30.3 Å². The Balaban J connectivity index is 0.000000206. The van der Waals surface area contributed by atoms with Crippen LogP contribution in [0.3, 0.4) is 0 Å². The molecule has 2 heterocycles. The Hall–Kier alpha value is -3.15. The van der Waals surface area contributed by atoms with E-state index >= 15 is 0 Å². The van der Waals surface area contributed by atoms with E-state index in [0.29, 0.717) is 30.0 Å². The van der Waals surface area contributed by atoms with Crippen molar-refractivity contribution in [1.29, 1.82) is 0 Å². The summed E-state index contributed by atoms with van der Waals surface area (Å²) >= 11 is 0. The Morgan fingerprint density at radius 1 is 0.962 bits per heavy atom. The normalized spacial score (nSPS) is 21.7. The van der Waals surface area contributed by atoms with E-state index < -0.39 is 37.6 Å². The van der Waals surface area contributed by atoms with E-state index in [1.807, 2.05) is 0 Å². The number of aromatic hydroxyl groups is 1. The predicted molar refractivity (Wildman–Crippen MR) is 86.9 cm³/mol. The number of hydrogen-bond acceptors (Lipinski definition) is 9. The zero-order valence-electron chi connectivity index (χ0n) is 13.7. The van der Waals surface area contributed by atoms with Gasteiger partial charge < -0.3 is 5.11 Å². The smallest absolute Gasteiger partial charge is 0.324 e. The zero-order chi connectivity index (χ0) is 19.6. The molecule has 0 saturated carbocycles. The van der Waals surface area contributed by atoms with Crippen LogP contribution < -0.4 is 0 Å². The average molecular weight is 368 g/mol. The maximum absolute atomic E-state index is 11.0. The van der Waals surface area contributed by atoms with Crippen molar-refractivity contribution in [3.05, 3.63) is 42.5 Å². The second-order valence-electron chi connectivity index (χ2n) is 6.10. The number of rotatable bonds is 3. The molecule has 0 spiro atoms. The lowest BCUT2D eigenvalue weighted by atomic mass is 10.0. The first-order valence-electron chi connectivity index (χ1n) is 7.65. The van der Waals surface area contributed by atoms with Gasteiger partial charge in [-0.05, 0) is 19.9 Å². The summed E-state index contributed by atoms with van der Waals surface area (Å²) in [7, 11) is 2.15. The highest BCUT2D eigenvalue weighted by Gasteiger charge is 2.37. The van der Waals surface area contributed by atoms with Gasteiger partial charge in [-0.3, -0.25) is 40.0 Å². The first-order chi connectivity index (χ1) is 12.1. The molecule has 2 atom stereocenters. The van der Waals surface area contributed by atoms with Gasteiger partial charge in [0.25, 0.3) is 11.4 Å². The van der Waals surface area contributed by atoms with Crippen molar-refractivity contribution in [3.63, 3.8) is 0 Å². The van der Waals surface area contributed by atoms with Crippen molar-refractivity contribution in [2.24, 2.45) is 0 Å². The van der Waals surface area contributed by atoms with Crippen LogP contribution in [-0.4, -0.2) is 49.7 Å². The zero-order valence-corrected chi connectivity index (χ0v) is 13.7. The van der Waals surface area contributed by atoms with E-state index in [4.69, 9.17) is 5.11 Å². The second-order valence-corrected chi connectivity index (χ2v) is 6.10. The van der Waals surface area contributed by atoms with Crippen LogP contribution in [0.5, 0.6) is 5.75 Å². The molecule has 26 heavy (non-hydrogen) atoms. The second kappa shape index (κ2) is 7.39. The molecular weight excluding hydrogens is 352 g/mol. The fraction of sp³-hybridized carbons (Fsp3) is 0.500. The van der Waals surface area contributed by atoms with Gasteiger partial charge in [-0.2, -0.15) is 0 Å². The van der Waals surface area contributed by atoms with Gasteiger partial charge in [0.2, 0.25) is 0 Å². The topological polar surface area (TPSA) is 170 Å². The summed E-state index contributed by atoms with van der Waals surface area (Å²) in [6, 6.07) is 2.07. The third kappa shape index (κ3) is 3.91. The molecule has 1 aromatic rings. The maximum atomic E-state index is 11.0. The number of phenolic OH excluding ortho intramolecular Hbond substituents is 1. The minimum absolute atomic E-state index is 0.447. The molecule has 12 heteroatoms. The summed E-state index contributed by atoms with van der Waals surface area (Å²) in [5.74, 6) is -0.730. The molecule has 0 radical (unpaired) electrons. The Morgan fingerprint density at radius 3 is 1.73 bits per heavy atom. The Kier molecular flexibility index (Phi) is 5.45. The van der Waals surface area contributed by atoms with E-state index in [0.717, 1.165) is 12.8 Å². The number of hydrogen-bond donors (Lipinski definition) is 1. The van der Waals surface area contributed by atoms with Gasteiger partial charge >= 0.3 is 11.4 Å². The molecular formula is C14H16N4O8. The first kappa shape index (κ1) is 19.2. The number of carbonyl (C=O) groups excluding carboxylic acids is 1. The lowest BCUT2D eigenvalue weighted by Crippen LogP contribution is -2.39. The molecule has 12 nitrogen and oxygen atoms in total. The SMILES string of the molecule is CN1C2CCC1CC(=O)C2.O=[N+]([O-])c1cc([N+](=O)[O-])c(O)c([N+](=O)[O-])c1. The molecule has 0 aliphatic carbocycles. The molecule has 2 saturated heterocycles. The van der Waals surface area contributed by atoms with E-state index in [9.17, 15) is 35.1 Å². The molecule has 0 aromatic heterocycles. The summed E-state index contributed by atoms with van der Waals surface area (Å²) in [5, 5.41) is 40.2. The number of nitro benzene ring substituents is 3. The summed E-state index contributed by atoms with van der Waals surface area (Å²) in [5.41, 5.74) is -3.00. The molecule has 1 aromatic carbocycles.